The molecule has 0 heterocycles. The summed E-state index contributed by atoms with van der Waals surface area (Å²) in [6.45, 7) is 17.0. The molecule has 122 valence electrons. The van der Waals surface area contributed by atoms with Crippen LogP contribution in [0.3, 0.4) is 0 Å². The first kappa shape index (κ1) is 42.8. The summed E-state index contributed by atoms with van der Waals surface area (Å²) in [5.41, 5.74) is 0. The summed E-state index contributed by atoms with van der Waals surface area (Å²) < 4.78 is 0. The minimum absolute atomic E-state index is 0. The first-order valence-corrected chi connectivity index (χ1v) is 19.7. The van der Waals surface area contributed by atoms with Gasteiger partial charge in [0.25, 0.3) is 0 Å². The Bertz CT molecular complexity index is 49.2. The van der Waals surface area contributed by atoms with Gasteiger partial charge in [0.05, 0.1) is 0 Å². The Balaban J connectivity index is -0.0000000128. The third-order valence-corrected chi connectivity index (χ3v) is 0. The second-order valence-corrected chi connectivity index (χ2v) is 38.4. The molecule has 0 rings (SSSR count). The van der Waals surface area contributed by atoms with E-state index >= 15 is 0 Å². The van der Waals surface area contributed by atoms with E-state index in [0.29, 0.717) is 0 Å². The second kappa shape index (κ2) is 73.0. The van der Waals surface area contributed by atoms with Crippen molar-refractivity contribution in [3.8, 4) is 0 Å². The van der Waals surface area contributed by atoms with Crippen LogP contribution >= 0.6 is 59.9 Å². The van der Waals surface area contributed by atoms with Crippen molar-refractivity contribution in [3.63, 3.8) is 0 Å². The van der Waals surface area contributed by atoms with Crippen LogP contribution in [0.2, 0.25) is 0 Å². The van der Waals surface area contributed by atoms with Gasteiger partial charge in [-0.05, 0) is 0 Å². The molecule has 0 fully saturated rings. The van der Waals surface area contributed by atoms with E-state index in [9.17, 15) is 0 Å². The molecule has 0 bridgehead atoms. The molecule has 0 amide bonds. The van der Waals surface area contributed by atoms with Crippen LogP contribution in [0.1, 0.15) is 97.4 Å². The summed E-state index contributed by atoms with van der Waals surface area (Å²) in [6, 6.07) is 0. The Hall–Kier alpha value is 2.77. The van der Waals surface area contributed by atoms with E-state index in [4.69, 9.17) is 0 Å². The fourth-order valence-electron chi connectivity index (χ4n) is 0. The van der Waals surface area contributed by atoms with E-state index in [1.54, 1.807) is 0 Å². The molecular formula is C14H41I3V+. The third-order valence-electron chi connectivity index (χ3n) is 0. The molecule has 0 aromatic rings. The molecule has 0 aliphatic rings. The molecule has 0 spiro atoms. The molecule has 0 aromatic heterocycles. The van der Waals surface area contributed by atoms with Crippen LogP contribution in [0.5, 0.6) is 0 Å². The van der Waals surface area contributed by atoms with Gasteiger partial charge in [-0.15, -0.1) is 0 Å². The summed E-state index contributed by atoms with van der Waals surface area (Å²) in [5, 5.41) is 0. The van der Waals surface area contributed by atoms with Crippen molar-refractivity contribution in [2.45, 2.75) is 95.9 Å². The van der Waals surface area contributed by atoms with Crippen molar-refractivity contribution >= 4 is 59.9 Å². The molecule has 0 unspecified atom stereocenters. The third kappa shape index (κ3) is 771. The Labute approximate surface area is 160 Å². The molecule has 4 heteroatoms. The molecule has 0 aromatic carbocycles. The zero-order valence-corrected chi connectivity index (χ0v) is 20.3. The summed E-state index contributed by atoms with van der Waals surface area (Å²) in [4.78, 5) is -0.278. The van der Waals surface area contributed by atoms with Gasteiger partial charge in [-0.2, -0.15) is 0 Å². The van der Waals surface area contributed by atoms with Crippen LogP contribution in [0.15, 0.2) is 0 Å². The van der Waals surface area contributed by atoms with Gasteiger partial charge in [-0.1, -0.05) is 95.9 Å². The molecule has 0 nitrogen and oxygen atoms in total. The molecular weight excluding hydrogens is 600 g/mol. The molecule has 0 saturated carbocycles. The van der Waals surface area contributed by atoms with Gasteiger partial charge in [0.2, 0.25) is 0 Å². The van der Waals surface area contributed by atoms with Crippen LogP contribution < -0.4 is 0 Å². The van der Waals surface area contributed by atoms with E-state index in [2.05, 4.69) is 115 Å². The Morgan fingerprint density at radius 2 is 0.556 bits per heavy atom. The molecule has 0 atom stereocenters. The van der Waals surface area contributed by atoms with Gasteiger partial charge in [0, 0.05) is 0 Å². The average molecular weight is 641 g/mol. The predicted octanol–water partition coefficient (Wildman–Crippen LogP) is 9.70. The minimum atomic E-state index is -0.278. The van der Waals surface area contributed by atoms with Crippen molar-refractivity contribution in [1.29, 1.82) is 0 Å². The first-order valence-electron chi connectivity index (χ1n) is 6.16. The van der Waals surface area contributed by atoms with Crippen LogP contribution in [0.25, 0.3) is 0 Å². The van der Waals surface area contributed by atoms with Crippen molar-refractivity contribution in [1.82, 2.24) is 0 Å². The standard InChI is InChI=1S/4C3H8.2CH4.3HI.V/c4*1-3-2;;;;;;/h4*3H2,1-2H3;2*1H4;3*1H;/q;;;;;;;;;+3/p-2. The van der Waals surface area contributed by atoms with E-state index in [1.807, 2.05) is 0 Å². The van der Waals surface area contributed by atoms with E-state index in [-0.39, 0.29) is 21.2 Å². The van der Waals surface area contributed by atoms with Crippen LogP contribution in [0, 0.1) is 0 Å². The Morgan fingerprint density at radius 3 is 0.556 bits per heavy atom. The maximum absolute atomic E-state index is 2.46. The molecule has 18 heavy (non-hydrogen) atoms. The summed E-state index contributed by atoms with van der Waals surface area (Å²) in [5.74, 6) is 0. The fraction of sp³-hybridized carbons (Fsp3) is 1.00. The van der Waals surface area contributed by atoms with Gasteiger partial charge >= 0.3 is 66.3 Å². The van der Waals surface area contributed by atoms with E-state index in [1.165, 1.54) is 25.7 Å². The van der Waals surface area contributed by atoms with Gasteiger partial charge in [0.1, 0.15) is 0 Å². The normalized spacial score (nSPS) is 6.00. The first-order chi connectivity index (χ1) is 7.39. The monoisotopic (exact) mass is 641 g/mol. The number of hydrogen-bond acceptors (Lipinski definition) is 0. The van der Waals surface area contributed by atoms with Crippen molar-refractivity contribution in [2.24, 2.45) is 0 Å². The van der Waals surface area contributed by atoms with E-state index in [0.717, 1.165) is 0 Å². The second-order valence-electron chi connectivity index (χ2n) is 3.02. The topological polar surface area (TPSA) is 0 Å². The average Bonchev–Trinajstić information content (AvgIpc) is 2.06. The van der Waals surface area contributed by atoms with Crippen molar-refractivity contribution < 1.29 is 6.35 Å². The van der Waals surface area contributed by atoms with Crippen LogP contribution in [0.4, 0.5) is 0 Å². The van der Waals surface area contributed by atoms with Gasteiger partial charge < -0.3 is 0 Å². The quantitative estimate of drug-likeness (QED) is 0.231. The molecule has 0 radical (unpaired) electrons. The van der Waals surface area contributed by atoms with Crippen molar-refractivity contribution in [2.75, 3.05) is 0 Å². The fourth-order valence-corrected chi connectivity index (χ4v) is 0. The summed E-state index contributed by atoms with van der Waals surface area (Å²) in [7, 11) is 0. The predicted molar refractivity (Wildman–Crippen MR) is 120 cm³/mol. The zero-order chi connectivity index (χ0) is 14.4. The Morgan fingerprint density at radius 1 is 0.556 bits per heavy atom. The van der Waals surface area contributed by atoms with Gasteiger partial charge in [-0.25, -0.2) is 0 Å². The SMILES string of the molecule is C.C.CCC.CCC.CCC.CCC.[H+].[I][V]([I])[I]. The van der Waals surface area contributed by atoms with Gasteiger partial charge in [-0.3, -0.25) is 0 Å². The van der Waals surface area contributed by atoms with Crippen LogP contribution in [-0.2, 0) is 4.92 Å². The molecule has 0 aliphatic carbocycles. The molecule has 0 N–H and O–H groups in total. The van der Waals surface area contributed by atoms with Crippen LogP contribution in [-0.4, -0.2) is 0 Å². The van der Waals surface area contributed by atoms with Crippen molar-refractivity contribution in [3.05, 3.63) is 0 Å². The molecule has 0 saturated heterocycles. The summed E-state index contributed by atoms with van der Waals surface area (Å²) >= 11 is 7.39. The number of rotatable bonds is 0. The number of halogens is 3. The zero-order valence-electron chi connectivity index (χ0n) is 13.4. The molecule has 0 aliphatic heterocycles. The van der Waals surface area contributed by atoms with Gasteiger partial charge in [0.15, 0.2) is 0 Å². The maximum atomic E-state index is 2.46. The summed E-state index contributed by atoms with van der Waals surface area (Å²) in [6.07, 6.45) is 5.00. The number of hydrogen-bond donors (Lipinski definition) is 0. The van der Waals surface area contributed by atoms with E-state index < -0.39 is 0 Å². The Kier molecular flexibility index (Phi) is 174.